The lowest BCUT2D eigenvalue weighted by atomic mass is 9.44. The SMILES string of the molecule is CC(C)CCC[C@@H](C)[C@H]1CC[C@H]2[C@@H]3C/C(=N/NS(=O)(=O)c4cccc5c(N(C)C)cccc45)[C@H]4C[C@@H](O)CC[C@]4(C)[C@H]3CC[C@]12C. The van der Waals surface area contributed by atoms with Crippen LogP contribution in [0.2, 0.25) is 0 Å². The molecule has 2 aromatic rings. The van der Waals surface area contributed by atoms with Crippen LogP contribution < -0.4 is 9.73 Å². The number of hydrogen-bond acceptors (Lipinski definition) is 5. The molecule has 0 saturated heterocycles. The first-order chi connectivity index (χ1) is 21.8. The molecule has 4 aliphatic rings. The molecule has 4 aliphatic carbocycles. The van der Waals surface area contributed by atoms with Gasteiger partial charge < -0.3 is 10.0 Å². The Morgan fingerprint density at radius 2 is 1.63 bits per heavy atom. The summed E-state index contributed by atoms with van der Waals surface area (Å²) in [7, 11) is 0.0369. The number of aliphatic hydroxyl groups is 1. The molecule has 6 nitrogen and oxygen atoms in total. The Hall–Kier alpha value is -2.12. The van der Waals surface area contributed by atoms with Gasteiger partial charge in [-0.25, -0.2) is 4.83 Å². The lowest BCUT2D eigenvalue weighted by Crippen LogP contribution is -2.57. The average molecular weight is 650 g/mol. The van der Waals surface area contributed by atoms with Crippen LogP contribution in [0.3, 0.4) is 0 Å². The maximum absolute atomic E-state index is 14.0. The number of hydrogen-bond donors (Lipinski definition) is 2. The van der Waals surface area contributed by atoms with Gasteiger partial charge in [0.25, 0.3) is 10.0 Å². The molecule has 2 aromatic carbocycles. The molecule has 46 heavy (non-hydrogen) atoms. The van der Waals surface area contributed by atoms with E-state index in [1.807, 2.05) is 49.3 Å². The molecule has 254 valence electrons. The van der Waals surface area contributed by atoms with Crippen LogP contribution in [-0.4, -0.2) is 39.4 Å². The predicted octanol–water partition coefficient (Wildman–Crippen LogP) is 8.63. The summed E-state index contributed by atoms with van der Waals surface area (Å²) in [5.74, 6) is 4.16. The minimum atomic E-state index is -3.91. The third-order valence-electron chi connectivity index (χ3n) is 13.6. The van der Waals surface area contributed by atoms with Gasteiger partial charge in [-0.15, -0.1) is 0 Å². The molecule has 9 atom stereocenters. The molecule has 6 rings (SSSR count). The second-order valence-electron chi connectivity index (χ2n) is 16.8. The van der Waals surface area contributed by atoms with Crippen molar-refractivity contribution in [1.29, 1.82) is 0 Å². The molecule has 0 heterocycles. The van der Waals surface area contributed by atoms with Crippen LogP contribution in [0.25, 0.3) is 10.8 Å². The molecule has 0 radical (unpaired) electrons. The maximum atomic E-state index is 14.0. The summed E-state index contributed by atoms with van der Waals surface area (Å²) >= 11 is 0. The van der Waals surface area contributed by atoms with Gasteiger partial charge in [-0.2, -0.15) is 13.5 Å². The van der Waals surface area contributed by atoms with Crippen molar-refractivity contribution in [3.8, 4) is 0 Å². The Labute approximate surface area is 278 Å². The summed E-state index contributed by atoms with van der Waals surface area (Å²) < 4.78 is 27.9. The number of fused-ring (bicyclic) bond motifs is 6. The number of sulfonamides is 1. The Bertz CT molecular complexity index is 1550. The van der Waals surface area contributed by atoms with Crippen LogP contribution in [0.1, 0.15) is 105 Å². The summed E-state index contributed by atoms with van der Waals surface area (Å²) in [6.45, 7) is 12.2. The van der Waals surface area contributed by atoms with E-state index in [0.29, 0.717) is 35.0 Å². The number of aliphatic hydroxyl groups excluding tert-OH is 1. The Balaban J connectivity index is 1.30. The highest BCUT2D eigenvalue weighted by molar-refractivity contribution is 7.89. The Morgan fingerprint density at radius 3 is 2.37 bits per heavy atom. The summed E-state index contributed by atoms with van der Waals surface area (Å²) in [4.78, 5) is 5.01. The molecule has 0 aliphatic heterocycles. The second kappa shape index (κ2) is 12.7. The summed E-state index contributed by atoms with van der Waals surface area (Å²) in [6, 6.07) is 11.3. The fraction of sp³-hybridized carbons (Fsp3) is 0.718. The van der Waals surface area contributed by atoms with Gasteiger partial charge in [-0.05, 0) is 110 Å². The predicted molar refractivity (Wildman–Crippen MR) is 190 cm³/mol. The number of nitrogens with one attached hydrogen (secondary N) is 1. The quantitative estimate of drug-likeness (QED) is 0.267. The van der Waals surface area contributed by atoms with Crippen molar-refractivity contribution in [1.82, 2.24) is 4.83 Å². The zero-order chi connectivity index (χ0) is 33.0. The first kappa shape index (κ1) is 33.8. The van der Waals surface area contributed by atoms with Crippen LogP contribution in [0.5, 0.6) is 0 Å². The maximum Gasteiger partial charge on any atom is 0.277 e. The summed E-state index contributed by atoms with van der Waals surface area (Å²) in [6.07, 6.45) is 12.1. The van der Waals surface area contributed by atoms with Gasteiger partial charge in [0, 0.05) is 42.2 Å². The molecular formula is C39H59N3O3S. The first-order valence-corrected chi connectivity index (χ1v) is 19.7. The minimum absolute atomic E-state index is 0.0365. The minimum Gasteiger partial charge on any atom is -0.393 e. The highest BCUT2D eigenvalue weighted by atomic mass is 32.2. The highest BCUT2D eigenvalue weighted by Gasteiger charge is 2.62. The van der Waals surface area contributed by atoms with Crippen molar-refractivity contribution in [2.24, 2.45) is 57.4 Å². The number of nitrogens with zero attached hydrogens (tertiary/aromatic N) is 2. The van der Waals surface area contributed by atoms with Crippen molar-refractivity contribution in [3.63, 3.8) is 0 Å². The molecule has 0 spiro atoms. The smallest absolute Gasteiger partial charge is 0.277 e. The number of rotatable bonds is 9. The van der Waals surface area contributed by atoms with Crippen LogP contribution in [0, 0.1) is 52.3 Å². The van der Waals surface area contributed by atoms with E-state index >= 15 is 0 Å². The van der Waals surface area contributed by atoms with Crippen molar-refractivity contribution in [2.45, 2.75) is 116 Å². The van der Waals surface area contributed by atoms with E-state index in [1.165, 1.54) is 44.9 Å². The normalized spacial score (nSPS) is 35.9. The van der Waals surface area contributed by atoms with E-state index in [9.17, 15) is 13.5 Å². The van der Waals surface area contributed by atoms with Gasteiger partial charge in [0.05, 0.1) is 11.0 Å². The van der Waals surface area contributed by atoms with Crippen LogP contribution in [0.15, 0.2) is 46.4 Å². The van der Waals surface area contributed by atoms with E-state index in [0.717, 1.165) is 53.8 Å². The van der Waals surface area contributed by atoms with Gasteiger partial charge >= 0.3 is 0 Å². The highest BCUT2D eigenvalue weighted by Crippen LogP contribution is 2.68. The third kappa shape index (κ3) is 5.90. The van der Waals surface area contributed by atoms with Gasteiger partial charge in [0.15, 0.2) is 0 Å². The zero-order valence-corrected chi connectivity index (χ0v) is 30.2. The van der Waals surface area contributed by atoms with E-state index in [-0.39, 0.29) is 22.3 Å². The van der Waals surface area contributed by atoms with Crippen LogP contribution in [-0.2, 0) is 10.0 Å². The second-order valence-corrected chi connectivity index (χ2v) is 18.4. The zero-order valence-electron chi connectivity index (χ0n) is 29.4. The van der Waals surface area contributed by atoms with Crippen molar-refractivity contribution in [2.75, 3.05) is 19.0 Å². The number of hydrazone groups is 1. The molecule has 4 fully saturated rings. The lowest BCUT2D eigenvalue weighted by molar-refractivity contribution is -0.0939. The van der Waals surface area contributed by atoms with Gasteiger partial charge in [-0.1, -0.05) is 78.1 Å². The molecular weight excluding hydrogens is 591 g/mol. The molecule has 0 unspecified atom stereocenters. The molecule has 0 bridgehead atoms. The molecule has 7 heteroatoms. The van der Waals surface area contributed by atoms with E-state index in [4.69, 9.17) is 5.10 Å². The molecule has 0 amide bonds. The topological polar surface area (TPSA) is 82.0 Å². The average Bonchev–Trinajstić information content (AvgIpc) is 3.37. The molecule has 4 saturated carbocycles. The first-order valence-electron chi connectivity index (χ1n) is 18.2. The number of benzene rings is 2. The van der Waals surface area contributed by atoms with E-state index in [1.54, 1.807) is 6.07 Å². The fourth-order valence-corrected chi connectivity index (χ4v) is 12.3. The van der Waals surface area contributed by atoms with E-state index in [2.05, 4.69) is 39.4 Å². The summed E-state index contributed by atoms with van der Waals surface area (Å²) in [5.41, 5.74) is 2.33. The van der Waals surface area contributed by atoms with E-state index < -0.39 is 10.0 Å². The van der Waals surface area contributed by atoms with Gasteiger partial charge in [-0.3, -0.25) is 0 Å². The van der Waals surface area contributed by atoms with Gasteiger partial charge in [0.1, 0.15) is 0 Å². The van der Waals surface area contributed by atoms with Gasteiger partial charge in [0.2, 0.25) is 0 Å². The van der Waals surface area contributed by atoms with Crippen molar-refractivity contribution in [3.05, 3.63) is 36.4 Å². The van der Waals surface area contributed by atoms with Crippen LogP contribution >= 0.6 is 0 Å². The standard InChI is InChI=1S/C39H59N3O3S/c1-25(2)11-8-12-26(3)31-17-18-32-30-24-35(34-23-27(43)19-21-39(34,5)33(30)20-22-38(31,32)4)40-41-46(44,45)37-16-10-13-28-29(37)14-9-15-36(28)42(6)7/h9-10,13-16,25-27,30-34,41,43H,8,11-12,17-24H2,1-7H3/b40-35-/t26-,27+,30+,31-,32+,33+,34-,38-,39-/m1/s1. The largest absolute Gasteiger partial charge is 0.393 e. The fourth-order valence-electron chi connectivity index (χ4n) is 11.3. The van der Waals surface area contributed by atoms with Crippen molar-refractivity contribution < 1.29 is 13.5 Å². The molecule has 0 aromatic heterocycles. The Morgan fingerprint density at radius 1 is 0.935 bits per heavy atom. The lowest BCUT2D eigenvalue weighted by Gasteiger charge is -2.61. The molecule has 2 N–H and O–H groups in total. The third-order valence-corrected chi connectivity index (χ3v) is 14.9. The van der Waals surface area contributed by atoms with Crippen LogP contribution in [0.4, 0.5) is 5.69 Å². The van der Waals surface area contributed by atoms with Crippen molar-refractivity contribution >= 4 is 32.2 Å². The number of anilines is 1. The summed E-state index contributed by atoms with van der Waals surface area (Å²) in [5, 5.41) is 17.3. The Kier molecular flexibility index (Phi) is 9.34. The monoisotopic (exact) mass is 649 g/mol.